The van der Waals surface area contributed by atoms with Crippen molar-refractivity contribution in [1.29, 1.82) is 0 Å². The third kappa shape index (κ3) is 27.0. The van der Waals surface area contributed by atoms with Gasteiger partial charge in [0.2, 0.25) is 0 Å². The van der Waals surface area contributed by atoms with Crippen LogP contribution < -0.4 is 0 Å². The van der Waals surface area contributed by atoms with Crippen LogP contribution in [0.15, 0.2) is 0 Å². The smallest absolute Gasteiger partial charge is 0.263 e. The Morgan fingerprint density at radius 1 is 0.684 bits per heavy atom. The first-order valence-electron chi connectivity index (χ1n) is 4.94. The van der Waals surface area contributed by atoms with Crippen LogP contribution in [0.2, 0.25) is 0 Å². The lowest BCUT2D eigenvalue weighted by Gasteiger charge is -2.24. The highest BCUT2D eigenvalue weighted by molar-refractivity contribution is 7.94. The Balaban J connectivity index is 0. The standard InChI is InChI=1S/C8H18O2.H2O7S2/c1-7(2,3)9-10-8(4,5)6;1-8(2,3)7-9(4,5)6/h1-6H3;(H,1,2,3)(H,4,5,6). The molecule has 0 saturated carbocycles. The minimum atomic E-state index is -5.12. The Labute approximate surface area is 113 Å². The van der Waals surface area contributed by atoms with Crippen molar-refractivity contribution in [2.45, 2.75) is 52.7 Å². The SMILES string of the molecule is CC(C)(C)OOC(C)(C)C.O=S(=O)(O)OS(=O)(=O)O. The molecule has 2 N–H and O–H groups in total. The van der Waals surface area contributed by atoms with E-state index in [9.17, 15) is 16.8 Å². The van der Waals surface area contributed by atoms with Crippen LogP contribution in [0, 0.1) is 0 Å². The fourth-order valence-electron chi connectivity index (χ4n) is 0.359. The summed E-state index contributed by atoms with van der Waals surface area (Å²) in [6.45, 7) is 11.7. The second-order valence-electron chi connectivity index (χ2n) is 5.31. The van der Waals surface area contributed by atoms with E-state index in [2.05, 4.69) is 3.63 Å². The van der Waals surface area contributed by atoms with Gasteiger partial charge in [0.1, 0.15) is 0 Å². The normalized spacial score (nSPS) is 13.7. The van der Waals surface area contributed by atoms with Gasteiger partial charge >= 0.3 is 20.8 Å². The van der Waals surface area contributed by atoms with Crippen LogP contribution in [0.5, 0.6) is 0 Å². The van der Waals surface area contributed by atoms with Crippen LogP contribution in [0.4, 0.5) is 0 Å². The summed E-state index contributed by atoms with van der Waals surface area (Å²) in [4.78, 5) is 10.2. The molecule has 9 nitrogen and oxygen atoms in total. The van der Waals surface area contributed by atoms with E-state index in [0.717, 1.165) is 0 Å². The highest BCUT2D eigenvalue weighted by Crippen LogP contribution is 2.14. The first-order valence-corrected chi connectivity index (χ1v) is 7.67. The van der Waals surface area contributed by atoms with Gasteiger partial charge in [0.05, 0.1) is 11.2 Å². The van der Waals surface area contributed by atoms with Crippen LogP contribution in [0.25, 0.3) is 0 Å². The maximum atomic E-state index is 9.44. The van der Waals surface area contributed by atoms with E-state index in [1.807, 2.05) is 41.5 Å². The molecule has 0 amide bonds. The van der Waals surface area contributed by atoms with E-state index in [0.29, 0.717) is 0 Å². The Morgan fingerprint density at radius 3 is 0.947 bits per heavy atom. The molecule has 0 fully saturated rings. The minimum Gasteiger partial charge on any atom is -0.263 e. The summed E-state index contributed by atoms with van der Waals surface area (Å²) in [7, 11) is -10.2. The molecule has 0 atom stereocenters. The highest BCUT2D eigenvalue weighted by atomic mass is 32.3. The summed E-state index contributed by atoms with van der Waals surface area (Å²) >= 11 is 0. The minimum absolute atomic E-state index is 0.215. The summed E-state index contributed by atoms with van der Waals surface area (Å²) in [5.41, 5.74) is -0.430. The van der Waals surface area contributed by atoms with Gasteiger partial charge in [0.25, 0.3) is 0 Å². The molecule has 0 aliphatic rings. The molecule has 11 heteroatoms. The van der Waals surface area contributed by atoms with Gasteiger partial charge in [-0.2, -0.15) is 16.8 Å². The molecule has 0 unspecified atom stereocenters. The molecule has 0 heterocycles. The van der Waals surface area contributed by atoms with Gasteiger partial charge in [-0.05, 0) is 41.5 Å². The number of hydrogen-bond acceptors (Lipinski definition) is 7. The summed E-state index contributed by atoms with van der Waals surface area (Å²) in [6.07, 6.45) is 0. The molecule has 0 rings (SSSR count). The largest absolute Gasteiger partial charge is 0.413 e. The molecular formula is C8H20O9S2. The summed E-state index contributed by atoms with van der Waals surface area (Å²) in [5.74, 6) is 0. The van der Waals surface area contributed by atoms with E-state index in [1.165, 1.54) is 0 Å². The predicted molar refractivity (Wildman–Crippen MR) is 65.9 cm³/mol. The Kier molecular flexibility index (Phi) is 7.66. The van der Waals surface area contributed by atoms with Crippen LogP contribution in [-0.4, -0.2) is 37.1 Å². The molecule has 0 spiro atoms. The summed E-state index contributed by atoms with van der Waals surface area (Å²) in [6, 6.07) is 0. The molecule has 0 bridgehead atoms. The van der Waals surface area contributed by atoms with Crippen molar-refractivity contribution in [2.24, 2.45) is 0 Å². The van der Waals surface area contributed by atoms with Gasteiger partial charge in [0, 0.05) is 0 Å². The molecule has 0 aliphatic heterocycles. The van der Waals surface area contributed by atoms with Crippen molar-refractivity contribution in [3.8, 4) is 0 Å². The Hall–Kier alpha value is -0.300. The molecule has 0 aromatic rings. The van der Waals surface area contributed by atoms with Gasteiger partial charge < -0.3 is 0 Å². The third-order valence-corrected chi connectivity index (χ3v) is 2.09. The molecular weight excluding hydrogens is 304 g/mol. The van der Waals surface area contributed by atoms with Crippen molar-refractivity contribution in [3.05, 3.63) is 0 Å². The van der Waals surface area contributed by atoms with Crippen molar-refractivity contribution in [2.75, 3.05) is 0 Å². The zero-order chi connectivity index (χ0) is 16.1. The summed E-state index contributed by atoms with van der Waals surface area (Å²) < 4.78 is 55.6. The van der Waals surface area contributed by atoms with E-state index in [1.54, 1.807) is 0 Å². The van der Waals surface area contributed by atoms with Crippen molar-refractivity contribution < 1.29 is 39.3 Å². The summed E-state index contributed by atoms with van der Waals surface area (Å²) in [5, 5.41) is 0. The molecule has 0 saturated heterocycles. The lowest BCUT2D eigenvalue weighted by Crippen LogP contribution is -2.27. The molecule has 0 aliphatic carbocycles. The quantitative estimate of drug-likeness (QED) is 0.444. The van der Waals surface area contributed by atoms with E-state index in [-0.39, 0.29) is 11.2 Å². The predicted octanol–water partition coefficient (Wildman–Crippen LogP) is 1.14. The lowest BCUT2D eigenvalue weighted by atomic mass is 10.2. The lowest BCUT2D eigenvalue weighted by molar-refractivity contribution is -0.393. The van der Waals surface area contributed by atoms with Crippen molar-refractivity contribution in [3.63, 3.8) is 0 Å². The highest BCUT2D eigenvalue weighted by Gasteiger charge is 2.18. The Bertz CT molecular complexity index is 405. The van der Waals surface area contributed by atoms with Gasteiger partial charge in [-0.25, -0.2) is 9.78 Å². The molecule has 19 heavy (non-hydrogen) atoms. The van der Waals surface area contributed by atoms with Crippen molar-refractivity contribution in [1.82, 2.24) is 0 Å². The second-order valence-corrected chi connectivity index (χ2v) is 7.57. The topological polar surface area (TPSA) is 136 Å². The maximum Gasteiger partial charge on any atom is 0.413 e. The van der Waals surface area contributed by atoms with Gasteiger partial charge in [-0.1, -0.05) is 0 Å². The Morgan fingerprint density at radius 2 is 0.895 bits per heavy atom. The molecule has 118 valence electrons. The van der Waals surface area contributed by atoms with Crippen LogP contribution in [0.3, 0.4) is 0 Å². The van der Waals surface area contributed by atoms with Gasteiger partial charge in [-0.15, -0.1) is 3.63 Å². The fourth-order valence-corrected chi connectivity index (χ4v) is 1.23. The second kappa shape index (κ2) is 6.92. The van der Waals surface area contributed by atoms with E-state index in [4.69, 9.17) is 18.9 Å². The van der Waals surface area contributed by atoms with E-state index >= 15 is 0 Å². The number of hydrogen-bond donors (Lipinski definition) is 2. The van der Waals surface area contributed by atoms with Gasteiger partial charge in [-0.3, -0.25) is 9.11 Å². The average Bonchev–Trinajstić information content (AvgIpc) is 1.91. The van der Waals surface area contributed by atoms with Gasteiger partial charge in [0.15, 0.2) is 0 Å². The van der Waals surface area contributed by atoms with Crippen LogP contribution in [0.1, 0.15) is 41.5 Å². The molecule has 0 aromatic carbocycles. The zero-order valence-electron chi connectivity index (χ0n) is 11.6. The van der Waals surface area contributed by atoms with Crippen molar-refractivity contribution >= 4 is 20.8 Å². The number of rotatable bonds is 3. The van der Waals surface area contributed by atoms with Crippen LogP contribution >= 0.6 is 0 Å². The first kappa shape index (κ1) is 21.0. The third-order valence-electron chi connectivity index (χ3n) is 0.714. The first-order chi connectivity index (χ1) is 7.91. The van der Waals surface area contributed by atoms with Crippen LogP contribution in [-0.2, 0) is 34.2 Å². The molecule has 0 radical (unpaired) electrons. The maximum absolute atomic E-state index is 9.44. The fraction of sp³-hybridized carbons (Fsp3) is 1.00. The molecule has 0 aromatic heterocycles. The van der Waals surface area contributed by atoms with E-state index < -0.39 is 20.8 Å². The zero-order valence-corrected chi connectivity index (χ0v) is 13.2. The monoisotopic (exact) mass is 324 g/mol. The average molecular weight is 324 g/mol.